The van der Waals surface area contributed by atoms with Crippen LogP contribution in [-0.2, 0) is 4.79 Å². The largest absolute Gasteiger partial charge is 0.341 e. The zero-order chi connectivity index (χ0) is 15.5. The molecule has 3 aliphatic rings. The van der Waals surface area contributed by atoms with Gasteiger partial charge in [-0.2, -0.15) is 0 Å². The third-order valence-corrected chi connectivity index (χ3v) is 6.17. The standard InChI is InChI=1S/C18H33N3O.2ClH/c1-3-20(4-2)12-14-9-10-21(13-14)18(22)17-11-15-7-5-6-8-16(15)19-17;;/h14-17,19H,3-13H2,1-2H3;2*1H. The van der Waals surface area contributed by atoms with Crippen molar-refractivity contribution in [1.29, 1.82) is 0 Å². The molecular weight excluding hydrogens is 345 g/mol. The van der Waals surface area contributed by atoms with E-state index < -0.39 is 0 Å². The Bertz CT molecular complexity index is 378. The number of carbonyl (C=O) groups is 1. The lowest BCUT2D eigenvalue weighted by Gasteiger charge is -2.25. The Morgan fingerprint density at radius 3 is 2.50 bits per heavy atom. The van der Waals surface area contributed by atoms with E-state index in [1.54, 1.807) is 0 Å². The fraction of sp³-hybridized carbons (Fsp3) is 0.944. The van der Waals surface area contributed by atoms with Crippen molar-refractivity contribution in [2.75, 3.05) is 32.7 Å². The third-order valence-electron chi connectivity index (χ3n) is 6.17. The summed E-state index contributed by atoms with van der Waals surface area (Å²) in [5.41, 5.74) is 0. The number of fused-ring (bicyclic) bond motifs is 1. The predicted molar refractivity (Wildman–Crippen MR) is 104 cm³/mol. The fourth-order valence-electron chi connectivity index (χ4n) is 4.76. The van der Waals surface area contributed by atoms with Gasteiger partial charge in [0.2, 0.25) is 5.91 Å². The van der Waals surface area contributed by atoms with Gasteiger partial charge in [0, 0.05) is 25.7 Å². The highest BCUT2D eigenvalue weighted by molar-refractivity contribution is 5.85. The molecule has 0 spiro atoms. The first-order chi connectivity index (χ1) is 10.7. The molecule has 1 N–H and O–H groups in total. The van der Waals surface area contributed by atoms with Crippen molar-refractivity contribution in [3.63, 3.8) is 0 Å². The van der Waals surface area contributed by atoms with Crippen molar-refractivity contribution < 1.29 is 4.79 Å². The molecule has 0 aromatic heterocycles. The lowest BCUT2D eigenvalue weighted by molar-refractivity contribution is -0.132. The van der Waals surface area contributed by atoms with Crippen LogP contribution in [0.3, 0.4) is 0 Å². The Hall–Kier alpha value is -0.0300. The van der Waals surface area contributed by atoms with Crippen molar-refractivity contribution in [3.05, 3.63) is 0 Å². The van der Waals surface area contributed by atoms with Gasteiger partial charge in [0.05, 0.1) is 6.04 Å². The summed E-state index contributed by atoms with van der Waals surface area (Å²) < 4.78 is 0. The molecule has 0 bridgehead atoms. The van der Waals surface area contributed by atoms with E-state index in [0.29, 0.717) is 17.9 Å². The molecule has 0 radical (unpaired) electrons. The number of nitrogens with zero attached hydrogens (tertiary/aromatic N) is 2. The Balaban J connectivity index is 0.00000144. The number of likely N-dealkylation sites (tertiary alicyclic amines) is 1. The van der Waals surface area contributed by atoms with Crippen molar-refractivity contribution in [2.24, 2.45) is 11.8 Å². The third kappa shape index (κ3) is 5.00. The molecule has 3 rings (SSSR count). The van der Waals surface area contributed by atoms with Crippen LogP contribution in [-0.4, -0.2) is 60.5 Å². The number of rotatable bonds is 5. The molecule has 6 heteroatoms. The number of carbonyl (C=O) groups excluding carboxylic acids is 1. The molecule has 142 valence electrons. The van der Waals surface area contributed by atoms with Crippen molar-refractivity contribution >= 4 is 30.7 Å². The van der Waals surface area contributed by atoms with Gasteiger partial charge in [-0.15, -0.1) is 24.8 Å². The van der Waals surface area contributed by atoms with Gasteiger partial charge >= 0.3 is 0 Å². The lowest BCUT2D eigenvalue weighted by atomic mass is 9.85. The minimum absolute atomic E-state index is 0. The van der Waals surface area contributed by atoms with Crippen LogP contribution >= 0.6 is 24.8 Å². The maximum Gasteiger partial charge on any atom is 0.239 e. The minimum Gasteiger partial charge on any atom is -0.341 e. The van der Waals surface area contributed by atoms with Gasteiger partial charge in [-0.3, -0.25) is 4.79 Å². The molecule has 2 heterocycles. The first-order valence-electron chi connectivity index (χ1n) is 9.48. The van der Waals surface area contributed by atoms with Crippen molar-refractivity contribution in [1.82, 2.24) is 15.1 Å². The summed E-state index contributed by atoms with van der Waals surface area (Å²) in [6, 6.07) is 0.733. The summed E-state index contributed by atoms with van der Waals surface area (Å²) in [7, 11) is 0. The Morgan fingerprint density at radius 1 is 1.12 bits per heavy atom. The van der Waals surface area contributed by atoms with E-state index in [-0.39, 0.29) is 30.9 Å². The monoisotopic (exact) mass is 379 g/mol. The summed E-state index contributed by atoms with van der Waals surface area (Å²) in [5, 5.41) is 3.65. The van der Waals surface area contributed by atoms with Crippen LogP contribution in [0, 0.1) is 11.8 Å². The fourth-order valence-corrected chi connectivity index (χ4v) is 4.76. The molecule has 4 atom stereocenters. The zero-order valence-electron chi connectivity index (χ0n) is 15.2. The second-order valence-electron chi connectivity index (χ2n) is 7.53. The Morgan fingerprint density at radius 2 is 1.83 bits per heavy atom. The molecule has 0 aromatic carbocycles. The van der Waals surface area contributed by atoms with Crippen LogP contribution in [0.2, 0.25) is 0 Å². The topological polar surface area (TPSA) is 35.6 Å². The molecule has 0 aromatic rings. The smallest absolute Gasteiger partial charge is 0.239 e. The maximum atomic E-state index is 12.8. The molecule has 4 nitrogen and oxygen atoms in total. The lowest BCUT2D eigenvalue weighted by Crippen LogP contribution is -2.45. The van der Waals surface area contributed by atoms with E-state index in [0.717, 1.165) is 45.1 Å². The first-order valence-corrected chi connectivity index (χ1v) is 9.48. The van der Waals surface area contributed by atoms with Gasteiger partial charge in [0.25, 0.3) is 0 Å². The summed E-state index contributed by atoms with van der Waals surface area (Å²) in [4.78, 5) is 17.4. The Labute approximate surface area is 159 Å². The van der Waals surface area contributed by atoms with Crippen molar-refractivity contribution in [3.8, 4) is 0 Å². The van der Waals surface area contributed by atoms with Gasteiger partial charge in [-0.25, -0.2) is 0 Å². The van der Waals surface area contributed by atoms with Gasteiger partial charge in [0.15, 0.2) is 0 Å². The van der Waals surface area contributed by atoms with Crippen LogP contribution in [0.15, 0.2) is 0 Å². The van der Waals surface area contributed by atoms with Gasteiger partial charge in [-0.05, 0) is 50.6 Å². The van der Waals surface area contributed by atoms with Gasteiger partial charge in [0.1, 0.15) is 0 Å². The summed E-state index contributed by atoms with van der Waals surface area (Å²) in [6.45, 7) is 9.79. The molecule has 1 aliphatic carbocycles. The van der Waals surface area contributed by atoms with Crippen LogP contribution in [0.1, 0.15) is 52.4 Å². The number of nitrogens with one attached hydrogen (secondary N) is 1. The summed E-state index contributed by atoms with van der Waals surface area (Å²) >= 11 is 0. The van der Waals surface area contributed by atoms with E-state index in [9.17, 15) is 4.79 Å². The zero-order valence-corrected chi connectivity index (χ0v) is 16.8. The highest BCUT2D eigenvalue weighted by Crippen LogP contribution is 2.34. The number of amides is 1. The van der Waals surface area contributed by atoms with E-state index in [1.807, 2.05) is 0 Å². The summed E-state index contributed by atoms with van der Waals surface area (Å²) in [6.07, 6.45) is 7.57. The average molecular weight is 380 g/mol. The van der Waals surface area contributed by atoms with E-state index in [4.69, 9.17) is 0 Å². The van der Waals surface area contributed by atoms with E-state index in [1.165, 1.54) is 32.1 Å². The predicted octanol–water partition coefficient (Wildman–Crippen LogP) is 2.94. The second-order valence-corrected chi connectivity index (χ2v) is 7.53. The average Bonchev–Trinajstić information content (AvgIpc) is 3.18. The van der Waals surface area contributed by atoms with Gasteiger partial charge in [-0.1, -0.05) is 26.7 Å². The van der Waals surface area contributed by atoms with Crippen LogP contribution in [0.4, 0.5) is 0 Å². The van der Waals surface area contributed by atoms with Crippen LogP contribution in [0.25, 0.3) is 0 Å². The molecular formula is C18H35Cl2N3O. The normalized spacial score (nSPS) is 32.2. The van der Waals surface area contributed by atoms with Gasteiger partial charge < -0.3 is 15.1 Å². The SMILES string of the molecule is CCN(CC)CC1CCN(C(=O)C2CC3CCCCC3N2)C1.Cl.Cl. The number of hydrogen-bond acceptors (Lipinski definition) is 3. The second kappa shape index (κ2) is 10.2. The highest BCUT2D eigenvalue weighted by atomic mass is 35.5. The number of halogens is 2. The molecule has 2 saturated heterocycles. The quantitative estimate of drug-likeness (QED) is 0.797. The molecule has 24 heavy (non-hydrogen) atoms. The molecule has 1 amide bonds. The van der Waals surface area contributed by atoms with E-state index >= 15 is 0 Å². The van der Waals surface area contributed by atoms with Crippen LogP contribution in [0.5, 0.6) is 0 Å². The minimum atomic E-state index is 0. The Kier molecular flexibility index (Phi) is 9.35. The highest BCUT2D eigenvalue weighted by Gasteiger charge is 2.40. The molecule has 4 unspecified atom stereocenters. The maximum absolute atomic E-state index is 12.8. The molecule has 3 fully saturated rings. The van der Waals surface area contributed by atoms with Crippen molar-refractivity contribution in [2.45, 2.75) is 64.5 Å². The first kappa shape index (κ1) is 22.0. The molecule has 2 aliphatic heterocycles. The van der Waals surface area contributed by atoms with Crippen LogP contribution < -0.4 is 5.32 Å². The molecule has 1 saturated carbocycles. The number of hydrogen-bond donors (Lipinski definition) is 1. The van der Waals surface area contributed by atoms with E-state index in [2.05, 4.69) is 29.0 Å². The summed E-state index contributed by atoms with van der Waals surface area (Å²) in [5.74, 6) is 1.82.